The number of amides is 1. The molecule has 0 radical (unpaired) electrons. The molecule has 0 saturated carbocycles. The molecule has 22 heavy (non-hydrogen) atoms. The van der Waals surface area contributed by atoms with Crippen LogP contribution in [0.4, 0.5) is 0 Å². The summed E-state index contributed by atoms with van der Waals surface area (Å²) in [6.45, 7) is 1.12. The van der Waals surface area contributed by atoms with Crippen LogP contribution in [-0.4, -0.2) is 29.0 Å². The largest absolute Gasteiger partial charge is 0.385 e. The molecule has 0 bridgehead atoms. The summed E-state index contributed by atoms with van der Waals surface area (Å²) in [4.78, 5) is 14.1. The SMILES string of the molecule is O=C(Cc1ccsc1)N1CCC(O)(c2ccccc2Cl)CC1. The summed E-state index contributed by atoms with van der Waals surface area (Å²) >= 11 is 7.80. The zero-order chi connectivity index (χ0) is 15.6. The van der Waals surface area contributed by atoms with Crippen molar-refractivity contribution in [2.75, 3.05) is 13.1 Å². The maximum absolute atomic E-state index is 12.3. The molecule has 2 aromatic rings. The van der Waals surface area contributed by atoms with Gasteiger partial charge in [0.25, 0.3) is 0 Å². The van der Waals surface area contributed by atoms with Crippen molar-refractivity contribution in [3.63, 3.8) is 0 Å². The third-order valence-electron chi connectivity index (χ3n) is 4.25. The van der Waals surface area contributed by atoms with E-state index in [9.17, 15) is 9.90 Å². The minimum absolute atomic E-state index is 0.125. The molecule has 1 fully saturated rings. The molecule has 1 aliphatic rings. The molecule has 1 amide bonds. The monoisotopic (exact) mass is 335 g/mol. The molecule has 3 rings (SSSR count). The van der Waals surface area contributed by atoms with Gasteiger partial charge < -0.3 is 10.0 Å². The lowest BCUT2D eigenvalue weighted by atomic mass is 9.84. The van der Waals surface area contributed by atoms with Crippen LogP contribution in [0, 0.1) is 0 Å². The van der Waals surface area contributed by atoms with Crippen LogP contribution in [0.5, 0.6) is 0 Å². The lowest BCUT2D eigenvalue weighted by molar-refractivity contribution is -0.135. The molecule has 0 atom stereocenters. The normalized spacial score (nSPS) is 17.5. The molecule has 5 heteroatoms. The second-order valence-corrected chi connectivity index (χ2v) is 6.89. The number of piperidine rings is 1. The fraction of sp³-hybridized carbons (Fsp3) is 0.353. The van der Waals surface area contributed by atoms with Crippen molar-refractivity contribution >= 4 is 28.8 Å². The van der Waals surface area contributed by atoms with E-state index in [-0.39, 0.29) is 5.91 Å². The van der Waals surface area contributed by atoms with Crippen LogP contribution in [0.2, 0.25) is 5.02 Å². The van der Waals surface area contributed by atoms with Gasteiger partial charge in [-0.05, 0) is 41.3 Å². The van der Waals surface area contributed by atoms with Gasteiger partial charge in [0.2, 0.25) is 5.91 Å². The quantitative estimate of drug-likeness (QED) is 0.933. The highest BCUT2D eigenvalue weighted by Crippen LogP contribution is 2.36. The average molecular weight is 336 g/mol. The number of aliphatic hydroxyl groups is 1. The molecule has 3 nitrogen and oxygen atoms in total. The highest BCUT2D eigenvalue weighted by molar-refractivity contribution is 7.08. The molecule has 0 spiro atoms. The molecule has 0 aliphatic carbocycles. The number of likely N-dealkylation sites (tertiary alicyclic amines) is 1. The van der Waals surface area contributed by atoms with Crippen molar-refractivity contribution in [3.05, 3.63) is 57.2 Å². The van der Waals surface area contributed by atoms with Crippen molar-refractivity contribution in [1.29, 1.82) is 0 Å². The molecular formula is C17H18ClNO2S. The van der Waals surface area contributed by atoms with Gasteiger partial charge >= 0.3 is 0 Å². The third kappa shape index (κ3) is 3.19. The second kappa shape index (κ2) is 6.41. The molecule has 1 aromatic carbocycles. The maximum atomic E-state index is 12.3. The van der Waals surface area contributed by atoms with Gasteiger partial charge in [-0.1, -0.05) is 29.8 Å². The van der Waals surface area contributed by atoms with E-state index in [1.54, 1.807) is 17.4 Å². The van der Waals surface area contributed by atoms with Gasteiger partial charge in [0.15, 0.2) is 0 Å². The Morgan fingerprint density at radius 1 is 1.27 bits per heavy atom. The van der Waals surface area contributed by atoms with Crippen molar-refractivity contribution in [1.82, 2.24) is 4.90 Å². The predicted octanol–water partition coefficient (Wildman–Crippen LogP) is 3.45. The Bertz CT molecular complexity index is 648. The Hall–Kier alpha value is -1.36. The summed E-state index contributed by atoms with van der Waals surface area (Å²) in [5.74, 6) is 0.125. The Morgan fingerprint density at radius 3 is 2.64 bits per heavy atom. The van der Waals surface area contributed by atoms with E-state index in [0.717, 1.165) is 11.1 Å². The molecule has 116 valence electrons. The van der Waals surface area contributed by atoms with E-state index in [1.807, 2.05) is 39.9 Å². The first-order valence-corrected chi connectivity index (χ1v) is 8.67. The molecular weight excluding hydrogens is 318 g/mol. The first kappa shape index (κ1) is 15.5. The summed E-state index contributed by atoms with van der Waals surface area (Å²) in [5.41, 5.74) is 0.890. The van der Waals surface area contributed by atoms with E-state index < -0.39 is 5.60 Å². The first-order chi connectivity index (χ1) is 10.6. The van der Waals surface area contributed by atoms with Crippen molar-refractivity contribution in [2.24, 2.45) is 0 Å². The molecule has 0 unspecified atom stereocenters. The predicted molar refractivity (Wildman–Crippen MR) is 89.2 cm³/mol. The smallest absolute Gasteiger partial charge is 0.227 e. The number of hydrogen-bond donors (Lipinski definition) is 1. The molecule has 1 aliphatic heterocycles. The van der Waals surface area contributed by atoms with Gasteiger partial charge in [-0.3, -0.25) is 4.79 Å². The molecule has 1 N–H and O–H groups in total. The summed E-state index contributed by atoms with van der Waals surface area (Å²) in [6, 6.07) is 9.38. The molecule has 1 aromatic heterocycles. The fourth-order valence-corrected chi connectivity index (χ4v) is 3.89. The van der Waals surface area contributed by atoms with Crippen molar-refractivity contribution < 1.29 is 9.90 Å². The summed E-state index contributed by atoms with van der Waals surface area (Å²) in [5, 5.41) is 15.4. The number of benzene rings is 1. The standard InChI is InChI=1S/C17H18ClNO2S/c18-15-4-2-1-3-14(15)17(21)6-8-19(9-7-17)16(20)11-13-5-10-22-12-13/h1-5,10,12,21H,6-9,11H2. The van der Waals surface area contributed by atoms with Crippen LogP contribution in [0.3, 0.4) is 0 Å². The number of halogens is 1. The summed E-state index contributed by atoms with van der Waals surface area (Å²) < 4.78 is 0. The zero-order valence-electron chi connectivity index (χ0n) is 12.2. The van der Waals surface area contributed by atoms with E-state index in [2.05, 4.69) is 0 Å². The number of nitrogens with zero attached hydrogens (tertiary/aromatic N) is 1. The van der Waals surface area contributed by atoms with Gasteiger partial charge in [-0.25, -0.2) is 0 Å². The number of rotatable bonds is 3. The molecule has 1 saturated heterocycles. The minimum atomic E-state index is -0.933. The number of carbonyl (C=O) groups is 1. The first-order valence-electron chi connectivity index (χ1n) is 7.35. The zero-order valence-corrected chi connectivity index (χ0v) is 13.7. The van der Waals surface area contributed by atoms with E-state index >= 15 is 0 Å². The lowest BCUT2D eigenvalue weighted by Gasteiger charge is -2.39. The van der Waals surface area contributed by atoms with Gasteiger partial charge in [0.1, 0.15) is 0 Å². The average Bonchev–Trinajstić information content (AvgIpc) is 3.01. The summed E-state index contributed by atoms with van der Waals surface area (Å²) in [6.07, 6.45) is 1.48. The lowest BCUT2D eigenvalue weighted by Crippen LogP contribution is -2.45. The minimum Gasteiger partial charge on any atom is -0.385 e. The van der Waals surface area contributed by atoms with E-state index in [1.165, 1.54) is 0 Å². The van der Waals surface area contributed by atoms with Crippen molar-refractivity contribution in [3.8, 4) is 0 Å². The number of thiophene rings is 1. The topological polar surface area (TPSA) is 40.5 Å². The van der Waals surface area contributed by atoms with Crippen LogP contribution < -0.4 is 0 Å². The number of hydrogen-bond acceptors (Lipinski definition) is 3. The molecule has 2 heterocycles. The second-order valence-electron chi connectivity index (χ2n) is 5.70. The van der Waals surface area contributed by atoms with Crippen LogP contribution in [0.1, 0.15) is 24.0 Å². The Labute approximate surface area is 139 Å². The van der Waals surface area contributed by atoms with Crippen LogP contribution in [0.25, 0.3) is 0 Å². The Morgan fingerprint density at radius 2 is 2.00 bits per heavy atom. The van der Waals surface area contributed by atoms with Gasteiger partial charge in [0.05, 0.1) is 12.0 Å². The van der Waals surface area contributed by atoms with Crippen molar-refractivity contribution in [2.45, 2.75) is 24.9 Å². The highest BCUT2D eigenvalue weighted by Gasteiger charge is 2.36. The third-order valence-corrected chi connectivity index (χ3v) is 5.32. The van der Waals surface area contributed by atoms with E-state index in [0.29, 0.717) is 37.4 Å². The Kier molecular flexibility index (Phi) is 4.52. The maximum Gasteiger partial charge on any atom is 0.227 e. The van der Waals surface area contributed by atoms with Crippen LogP contribution >= 0.6 is 22.9 Å². The van der Waals surface area contributed by atoms with Crippen LogP contribution in [0.15, 0.2) is 41.1 Å². The van der Waals surface area contributed by atoms with Gasteiger partial charge in [-0.15, -0.1) is 0 Å². The van der Waals surface area contributed by atoms with Gasteiger partial charge in [-0.2, -0.15) is 11.3 Å². The van der Waals surface area contributed by atoms with Crippen LogP contribution in [-0.2, 0) is 16.8 Å². The van der Waals surface area contributed by atoms with Gasteiger partial charge in [0, 0.05) is 23.7 Å². The van der Waals surface area contributed by atoms with E-state index in [4.69, 9.17) is 11.6 Å². The Balaban J connectivity index is 1.65. The number of carbonyl (C=O) groups excluding carboxylic acids is 1. The summed E-state index contributed by atoms with van der Waals surface area (Å²) in [7, 11) is 0. The fourth-order valence-electron chi connectivity index (χ4n) is 2.91. The highest BCUT2D eigenvalue weighted by atomic mass is 35.5.